The molecule has 0 N–H and O–H groups in total. The van der Waals surface area contributed by atoms with Crippen LogP contribution in [-0.2, 0) is 26.5 Å². The molecule has 0 spiro atoms. The van der Waals surface area contributed by atoms with Gasteiger partial charge in [0.2, 0.25) is 0 Å². The number of furan rings is 1. The summed E-state index contributed by atoms with van der Waals surface area (Å²) in [4.78, 5) is 9.24. The molecule has 3 nitrogen and oxygen atoms in total. The summed E-state index contributed by atoms with van der Waals surface area (Å²) in [7, 11) is 0. The molecule has 0 aliphatic rings. The number of aromatic nitrogens is 2. The van der Waals surface area contributed by atoms with E-state index in [1.165, 1.54) is 32.2 Å². The fourth-order valence-corrected chi connectivity index (χ4v) is 8.83. The first-order valence-corrected chi connectivity index (χ1v) is 25.7. The maximum absolute atomic E-state index is 6.46. The number of hydrogen-bond acceptors (Lipinski definition) is 3. The summed E-state index contributed by atoms with van der Waals surface area (Å²) in [6.07, 6.45) is 4.93. The molecule has 273 valence electrons. The summed E-state index contributed by atoms with van der Waals surface area (Å²) >= 11 is -1.73. The summed E-state index contributed by atoms with van der Waals surface area (Å²) in [5.41, 5.74) is 13.1. The molecule has 8 aromatic rings. The average Bonchev–Trinajstić information content (AvgIpc) is 3.53. The van der Waals surface area contributed by atoms with Crippen LogP contribution in [0.15, 0.2) is 144 Å². The van der Waals surface area contributed by atoms with Crippen LogP contribution in [0.25, 0.3) is 66.7 Å². The van der Waals surface area contributed by atoms with Crippen molar-refractivity contribution in [3.63, 3.8) is 0 Å². The molecule has 3 aromatic heterocycles. The van der Waals surface area contributed by atoms with Gasteiger partial charge in [-0.25, -0.2) is 0 Å². The van der Waals surface area contributed by atoms with Crippen molar-refractivity contribution in [3.8, 4) is 44.8 Å². The van der Waals surface area contributed by atoms with Gasteiger partial charge in [0.15, 0.2) is 0 Å². The molecular weight excluding hydrogens is 897 g/mol. The molecule has 0 fully saturated rings. The van der Waals surface area contributed by atoms with Crippen molar-refractivity contribution < 1.29 is 24.5 Å². The van der Waals surface area contributed by atoms with E-state index in [0.29, 0.717) is 0 Å². The molecule has 0 saturated heterocycles. The topological polar surface area (TPSA) is 38.9 Å². The fourth-order valence-electron chi connectivity index (χ4n) is 6.66. The van der Waals surface area contributed by atoms with Crippen LogP contribution in [0.1, 0.15) is 31.9 Å². The Morgan fingerprint density at radius 1 is 0.648 bits per heavy atom. The zero-order valence-electron chi connectivity index (χ0n) is 32.1. The summed E-state index contributed by atoms with van der Waals surface area (Å²) < 4.78 is 7.91. The number of rotatable bonds is 6. The maximum atomic E-state index is 6.46. The molecule has 0 amide bonds. The standard InChI is InChI=1S/C34H28NO.C15H18GeN.Ir/c1-34(2,3)22-23-18-19-35-31(20-23)30-11-7-10-29-28-17-16-27(21-32(28)36-33(29)30)26-14-12-25(13-15-26)24-8-5-4-6-9-24;1-12-6-5-7-13(10-12)15-9-8-14(11-17-15)16(2,3)4;/h4-10,12-21H,22H2,1-3H3;5-6,8-11H,1-4H3;/q2*-1;. The van der Waals surface area contributed by atoms with Gasteiger partial charge in [0, 0.05) is 31.7 Å². The molecule has 0 aliphatic carbocycles. The molecular formula is C49H46GeIrN2O-2. The molecule has 0 atom stereocenters. The third kappa shape index (κ3) is 9.18. The Morgan fingerprint density at radius 2 is 1.33 bits per heavy atom. The van der Waals surface area contributed by atoms with Crippen molar-refractivity contribution in [2.75, 3.05) is 0 Å². The predicted molar refractivity (Wildman–Crippen MR) is 226 cm³/mol. The van der Waals surface area contributed by atoms with E-state index >= 15 is 0 Å². The van der Waals surface area contributed by atoms with Crippen LogP contribution in [0.2, 0.25) is 17.3 Å². The van der Waals surface area contributed by atoms with Crippen LogP contribution in [0, 0.1) is 24.5 Å². The molecule has 1 radical (unpaired) electrons. The first kappa shape index (κ1) is 39.1. The predicted octanol–water partition coefficient (Wildman–Crippen LogP) is 12.8. The van der Waals surface area contributed by atoms with E-state index in [1.54, 1.807) is 0 Å². The summed E-state index contributed by atoms with van der Waals surface area (Å²) in [5.74, 6) is 7.15. The van der Waals surface area contributed by atoms with Gasteiger partial charge in [-0.1, -0.05) is 110 Å². The van der Waals surface area contributed by atoms with Crippen molar-refractivity contribution in [2.45, 2.75) is 51.4 Å². The van der Waals surface area contributed by atoms with Crippen LogP contribution in [0.3, 0.4) is 0 Å². The van der Waals surface area contributed by atoms with Gasteiger partial charge in [0.1, 0.15) is 5.58 Å². The van der Waals surface area contributed by atoms with Gasteiger partial charge in [-0.15, -0.1) is 18.2 Å². The van der Waals surface area contributed by atoms with E-state index < -0.39 is 13.3 Å². The minimum absolute atomic E-state index is 0. The van der Waals surface area contributed by atoms with E-state index in [2.05, 4.69) is 176 Å². The van der Waals surface area contributed by atoms with E-state index in [9.17, 15) is 0 Å². The fraction of sp³-hybridized carbons (Fsp3) is 0.184. The Bertz CT molecular complexity index is 2490. The summed E-state index contributed by atoms with van der Waals surface area (Å²) in [6, 6.07) is 51.1. The van der Waals surface area contributed by atoms with Crippen molar-refractivity contribution in [1.82, 2.24) is 9.97 Å². The van der Waals surface area contributed by atoms with Crippen molar-refractivity contribution in [2.24, 2.45) is 5.41 Å². The number of benzene rings is 5. The molecule has 5 aromatic carbocycles. The molecule has 54 heavy (non-hydrogen) atoms. The van der Waals surface area contributed by atoms with Crippen molar-refractivity contribution in [1.29, 1.82) is 0 Å². The average molecular weight is 944 g/mol. The first-order chi connectivity index (χ1) is 25.4. The Kier molecular flexibility index (Phi) is 11.9. The van der Waals surface area contributed by atoms with E-state index in [4.69, 9.17) is 4.42 Å². The third-order valence-corrected chi connectivity index (χ3v) is 13.7. The SMILES string of the molecule is CC(C)(C)Cc1ccnc(-c2[c-]ccc3c2oc2cc(-c4ccc(-c5ccccc5)cc4)ccc23)c1.Cc1cc[c-]c(-c2cc[c]([Ge]([CH3])([CH3])[CH3])cn2)c1.[Ir]. The first-order valence-electron chi connectivity index (χ1n) is 18.3. The monoisotopic (exact) mass is 945 g/mol. The molecule has 0 unspecified atom stereocenters. The van der Waals surface area contributed by atoms with E-state index in [0.717, 1.165) is 56.4 Å². The number of hydrogen-bond donors (Lipinski definition) is 0. The normalized spacial score (nSPS) is 11.5. The van der Waals surface area contributed by atoms with Crippen LogP contribution in [0.4, 0.5) is 0 Å². The van der Waals surface area contributed by atoms with Crippen LogP contribution >= 0.6 is 0 Å². The molecule has 5 heteroatoms. The second kappa shape index (κ2) is 16.4. The summed E-state index contributed by atoms with van der Waals surface area (Å²) in [6.45, 7) is 8.86. The zero-order chi connectivity index (χ0) is 37.2. The van der Waals surface area contributed by atoms with Gasteiger partial charge >= 0.3 is 106 Å². The van der Waals surface area contributed by atoms with Crippen LogP contribution in [-0.4, -0.2) is 23.2 Å². The minimum atomic E-state index is -1.73. The second-order valence-electron chi connectivity index (χ2n) is 16.1. The molecule has 0 saturated carbocycles. The van der Waals surface area contributed by atoms with E-state index in [1.807, 2.05) is 30.6 Å². The van der Waals surface area contributed by atoms with Gasteiger partial charge in [0.25, 0.3) is 0 Å². The molecule has 3 heterocycles. The largest absolute Gasteiger partial charge is 0 e. The third-order valence-electron chi connectivity index (χ3n) is 9.44. The van der Waals surface area contributed by atoms with Gasteiger partial charge < -0.3 is 9.40 Å². The second-order valence-corrected chi connectivity index (χ2v) is 26.8. The van der Waals surface area contributed by atoms with Crippen molar-refractivity contribution >= 4 is 39.6 Å². The Balaban J connectivity index is 0.000000233. The van der Waals surface area contributed by atoms with Crippen LogP contribution < -0.4 is 4.40 Å². The summed E-state index contributed by atoms with van der Waals surface area (Å²) in [5, 5.41) is 2.20. The molecule has 0 aliphatic heterocycles. The van der Waals surface area contributed by atoms with E-state index in [-0.39, 0.29) is 25.5 Å². The number of nitrogens with zero attached hydrogens (tertiary/aromatic N) is 2. The smallest absolute Gasteiger partial charge is 0 e. The Labute approximate surface area is 336 Å². The van der Waals surface area contributed by atoms with Gasteiger partial charge in [-0.2, -0.15) is 0 Å². The number of pyridine rings is 2. The van der Waals surface area contributed by atoms with Gasteiger partial charge in [-0.3, -0.25) is 0 Å². The number of fused-ring (bicyclic) bond motifs is 3. The Hall–Kier alpha value is -4.61. The maximum Gasteiger partial charge on any atom is 0 e. The van der Waals surface area contributed by atoms with Crippen molar-refractivity contribution in [3.05, 3.63) is 163 Å². The minimum Gasteiger partial charge on any atom is 0 e. The molecule has 8 rings (SSSR count). The molecule has 0 bridgehead atoms. The van der Waals surface area contributed by atoms with Gasteiger partial charge in [-0.05, 0) is 51.9 Å². The Morgan fingerprint density at radius 3 is 2.00 bits per heavy atom. The van der Waals surface area contributed by atoms with Crippen LogP contribution in [0.5, 0.6) is 0 Å². The number of aryl methyl sites for hydroxylation is 1. The quantitative estimate of drug-likeness (QED) is 0.123. The van der Waals surface area contributed by atoms with Gasteiger partial charge in [0.05, 0.1) is 5.58 Å². The zero-order valence-corrected chi connectivity index (χ0v) is 36.6.